The number of nitrogens with zero attached hydrogens (tertiary/aromatic N) is 3. The molecule has 0 bridgehead atoms. The summed E-state index contributed by atoms with van der Waals surface area (Å²) < 4.78 is 5.31. The van der Waals surface area contributed by atoms with Gasteiger partial charge in [-0.15, -0.1) is 0 Å². The second-order valence-electron chi connectivity index (χ2n) is 7.39. The van der Waals surface area contributed by atoms with Gasteiger partial charge in [0, 0.05) is 37.2 Å². The fourth-order valence-electron chi connectivity index (χ4n) is 4.39. The normalized spacial score (nSPS) is 20.4. The molecule has 3 aliphatic heterocycles. The predicted molar refractivity (Wildman–Crippen MR) is 105 cm³/mol. The Bertz CT molecular complexity index is 999. The third-order valence-electron chi connectivity index (χ3n) is 5.81. The van der Waals surface area contributed by atoms with Gasteiger partial charge in [0.1, 0.15) is 6.17 Å². The van der Waals surface area contributed by atoms with Crippen LogP contribution in [0, 0.1) is 0 Å². The van der Waals surface area contributed by atoms with E-state index in [1.54, 1.807) is 39.0 Å². The molecule has 0 unspecified atom stereocenters. The topological polar surface area (TPSA) is 70.2 Å². The zero-order chi connectivity index (χ0) is 20.0. The zero-order valence-electron chi connectivity index (χ0n) is 15.9. The number of hydrogen-bond acceptors (Lipinski definition) is 4. The lowest BCUT2D eigenvalue weighted by atomic mass is 10.0. The lowest BCUT2D eigenvalue weighted by molar-refractivity contribution is -0.135. The number of anilines is 1. The number of fused-ring (bicyclic) bond motifs is 5. The molecule has 29 heavy (non-hydrogen) atoms. The molecule has 5 rings (SSSR count). The minimum Gasteiger partial charge on any atom is -0.378 e. The van der Waals surface area contributed by atoms with E-state index in [9.17, 15) is 14.4 Å². The van der Waals surface area contributed by atoms with Crippen LogP contribution in [-0.4, -0.2) is 60.4 Å². The Morgan fingerprint density at radius 1 is 0.931 bits per heavy atom. The zero-order valence-corrected chi connectivity index (χ0v) is 15.9. The summed E-state index contributed by atoms with van der Waals surface area (Å²) in [4.78, 5) is 44.2. The summed E-state index contributed by atoms with van der Waals surface area (Å²) in [6.07, 6.45) is -0.298. The minimum atomic E-state index is -0.515. The Hall–Kier alpha value is -3.19. The van der Waals surface area contributed by atoms with Gasteiger partial charge in [-0.05, 0) is 18.2 Å². The van der Waals surface area contributed by atoms with Crippen molar-refractivity contribution in [3.63, 3.8) is 0 Å². The average molecular weight is 391 g/mol. The fraction of sp³-hybridized carbons (Fsp3) is 0.318. The predicted octanol–water partition coefficient (Wildman–Crippen LogP) is 2.05. The minimum absolute atomic E-state index is 0.00381. The number of para-hydroxylation sites is 1. The maximum atomic E-state index is 13.3. The highest BCUT2D eigenvalue weighted by atomic mass is 16.5. The first-order chi connectivity index (χ1) is 14.2. The molecule has 7 nitrogen and oxygen atoms in total. The number of rotatable bonds is 3. The van der Waals surface area contributed by atoms with Gasteiger partial charge in [0.25, 0.3) is 11.8 Å². The summed E-state index contributed by atoms with van der Waals surface area (Å²) in [6, 6.07) is 14.5. The van der Waals surface area contributed by atoms with Gasteiger partial charge in [-0.1, -0.05) is 30.3 Å². The summed E-state index contributed by atoms with van der Waals surface area (Å²) in [5, 5.41) is 0. The first-order valence-corrected chi connectivity index (χ1v) is 9.85. The smallest absolute Gasteiger partial charge is 0.260 e. The Kier molecular flexibility index (Phi) is 4.32. The summed E-state index contributed by atoms with van der Waals surface area (Å²) in [5.41, 5.74) is 2.52. The lowest BCUT2D eigenvalue weighted by Crippen LogP contribution is -2.49. The molecule has 2 aromatic carbocycles. The molecular weight excluding hydrogens is 370 g/mol. The van der Waals surface area contributed by atoms with Gasteiger partial charge in [0.2, 0.25) is 5.91 Å². The molecular formula is C22H21N3O4. The van der Waals surface area contributed by atoms with Gasteiger partial charge in [-0.2, -0.15) is 0 Å². The summed E-state index contributed by atoms with van der Waals surface area (Å²) in [5.74, 6) is -0.264. The van der Waals surface area contributed by atoms with Crippen LogP contribution in [0.4, 0.5) is 5.69 Å². The molecule has 3 heterocycles. The van der Waals surface area contributed by atoms with Crippen LogP contribution in [0.3, 0.4) is 0 Å². The van der Waals surface area contributed by atoms with Crippen LogP contribution in [-0.2, 0) is 9.53 Å². The van der Waals surface area contributed by atoms with E-state index >= 15 is 0 Å². The molecule has 148 valence electrons. The SMILES string of the molecule is O=C(CCN1C(=O)c2ccccc2N2C(=O)c3ccccc3[C@@H]12)N1CCOCC1. The van der Waals surface area contributed by atoms with E-state index in [1.807, 2.05) is 24.3 Å². The van der Waals surface area contributed by atoms with Gasteiger partial charge >= 0.3 is 0 Å². The second-order valence-corrected chi connectivity index (χ2v) is 7.39. The highest BCUT2D eigenvalue weighted by molar-refractivity contribution is 6.16. The van der Waals surface area contributed by atoms with E-state index in [-0.39, 0.29) is 30.7 Å². The van der Waals surface area contributed by atoms with Gasteiger partial charge in [-0.3, -0.25) is 19.3 Å². The number of carbonyl (C=O) groups excluding carboxylic acids is 3. The Morgan fingerprint density at radius 2 is 1.62 bits per heavy atom. The molecule has 1 atom stereocenters. The van der Waals surface area contributed by atoms with E-state index in [1.165, 1.54) is 0 Å². The van der Waals surface area contributed by atoms with Crippen molar-refractivity contribution in [1.82, 2.24) is 9.80 Å². The molecule has 0 spiro atoms. The van der Waals surface area contributed by atoms with Crippen molar-refractivity contribution < 1.29 is 19.1 Å². The monoisotopic (exact) mass is 391 g/mol. The van der Waals surface area contributed by atoms with E-state index < -0.39 is 6.17 Å². The molecule has 7 heteroatoms. The van der Waals surface area contributed by atoms with Gasteiger partial charge < -0.3 is 14.5 Å². The molecule has 3 amide bonds. The van der Waals surface area contributed by atoms with Crippen molar-refractivity contribution in [2.75, 3.05) is 37.7 Å². The fourth-order valence-corrected chi connectivity index (χ4v) is 4.39. The van der Waals surface area contributed by atoms with E-state index in [4.69, 9.17) is 4.74 Å². The van der Waals surface area contributed by atoms with E-state index in [0.717, 1.165) is 5.56 Å². The standard InChI is InChI=1S/C22H21N3O4/c26-19(23-11-13-29-14-12-23)9-10-24-20-15-5-1-2-6-16(15)22(28)25(20)18-8-4-3-7-17(18)21(24)27/h1-8,20H,9-14H2/t20-/m0/s1. The van der Waals surface area contributed by atoms with Crippen molar-refractivity contribution in [2.45, 2.75) is 12.6 Å². The van der Waals surface area contributed by atoms with Crippen molar-refractivity contribution in [3.8, 4) is 0 Å². The largest absolute Gasteiger partial charge is 0.378 e. The lowest BCUT2D eigenvalue weighted by Gasteiger charge is -2.41. The van der Waals surface area contributed by atoms with Crippen LogP contribution in [0.15, 0.2) is 48.5 Å². The summed E-state index contributed by atoms with van der Waals surface area (Å²) in [7, 11) is 0. The molecule has 0 radical (unpaired) electrons. The van der Waals surface area contributed by atoms with Crippen LogP contribution < -0.4 is 4.90 Å². The maximum absolute atomic E-state index is 13.3. The Morgan fingerprint density at radius 3 is 2.41 bits per heavy atom. The van der Waals surface area contributed by atoms with Crippen molar-refractivity contribution in [3.05, 3.63) is 65.2 Å². The average Bonchev–Trinajstić information content (AvgIpc) is 3.07. The number of ether oxygens (including phenoxy) is 1. The van der Waals surface area contributed by atoms with Gasteiger partial charge in [0.15, 0.2) is 0 Å². The van der Waals surface area contributed by atoms with Gasteiger partial charge in [0.05, 0.1) is 24.5 Å². The quantitative estimate of drug-likeness (QED) is 0.803. The van der Waals surface area contributed by atoms with Crippen LogP contribution in [0.25, 0.3) is 0 Å². The summed E-state index contributed by atoms with van der Waals surface area (Å²) in [6.45, 7) is 2.49. The van der Waals surface area contributed by atoms with Crippen molar-refractivity contribution >= 4 is 23.4 Å². The molecule has 1 saturated heterocycles. The van der Waals surface area contributed by atoms with E-state index in [2.05, 4.69) is 0 Å². The highest BCUT2D eigenvalue weighted by Crippen LogP contribution is 2.45. The number of amides is 3. The van der Waals surface area contributed by atoms with Crippen molar-refractivity contribution in [1.29, 1.82) is 0 Å². The molecule has 3 aliphatic rings. The number of carbonyl (C=O) groups is 3. The van der Waals surface area contributed by atoms with Gasteiger partial charge in [-0.25, -0.2) is 0 Å². The number of morpholine rings is 1. The van der Waals surface area contributed by atoms with Crippen LogP contribution in [0.5, 0.6) is 0 Å². The Labute approximate surface area is 168 Å². The second kappa shape index (κ2) is 7.00. The molecule has 0 N–H and O–H groups in total. The molecule has 2 aromatic rings. The number of benzene rings is 2. The number of hydrogen-bond donors (Lipinski definition) is 0. The molecule has 1 fully saturated rings. The van der Waals surface area contributed by atoms with Crippen LogP contribution >= 0.6 is 0 Å². The first-order valence-electron chi connectivity index (χ1n) is 9.85. The molecule has 0 saturated carbocycles. The third kappa shape index (κ3) is 2.81. The molecule has 0 aromatic heterocycles. The highest BCUT2D eigenvalue weighted by Gasteiger charge is 2.47. The Balaban J connectivity index is 1.48. The van der Waals surface area contributed by atoms with E-state index in [0.29, 0.717) is 43.1 Å². The first kappa shape index (κ1) is 17.9. The van der Waals surface area contributed by atoms with Crippen LogP contribution in [0.2, 0.25) is 0 Å². The third-order valence-corrected chi connectivity index (χ3v) is 5.81. The van der Waals surface area contributed by atoms with Crippen LogP contribution in [0.1, 0.15) is 38.9 Å². The maximum Gasteiger partial charge on any atom is 0.260 e. The summed E-state index contributed by atoms with van der Waals surface area (Å²) >= 11 is 0. The molecule has 0 aliphatic carbocycles. The van der Waals surface area contributed by atoms with Crippen molar-refractivity contribution in [2.24, 2.45) is 0 Å².